The zero-order valence-corrected chi connectivity index (χ0v) is 16.6. The van der Waals surface area contributed by atoms with E-state index in [-0.39, 0.29) is 11.3 Å². The van der Waals surface area contributed by atoms with Gasteiger partial charge in [0.15, 0.2) is 5.69 Å². The lowest BCUT2D eigenvalue weighted by Gasteiger charge is -2.16. The predicted molar refractivity (Wildman–Crippen MR) is 101 cm³/mol. The molecular formula is C21H16F4N2O4. The minimum absolute atomic E-state index is 0.237. The van der Waals surface area contributed by atoms with Crippen LogP contribution in [0.1, 0.15) is 32.0 Å². The number of carbonyl (C=O) groups is 2. The lowest BCUT2D eigenvalue weighted by atomic mass is 9.95. The molecule has 0 spiro atoms. The van der Waals surface area contributed by atoms with E-state index in [1.807, 2.05) is 0 Å². The second-order valence-corrected chi connectivity index (χ2v) is 6.41. The average Bonchev–Trinajstić information content (AvgIpc) is 3.14. The van der Waals surface area contributed by atoms with E-state index < -0.39 is 52.0 Å². The molecule has 0 bridgehead atoms. The van der Waals surface area contributed by atoms with Crippen LogP contribution in [0, 0.1) is 12.7 Å². The van der Waals surface area contributed by atoms with Crippen molar-refractivity contribution < 1.29 is 36.6 Å². The molecule has 3 aromatic rings. The summed E-state index contributed by atoms with van der Waals surface area (Å²) >= 11 is 0. The van der Waals surface area contributed by atoms with Gasteiger partial charge in [-0.2, -0.15) is 18.3 Å². The normalized spacial score (nSPS) is 11.3. The van der Waals surface area contributed by atoms with Crippen LogP contribution >= 0.6 is 0 Å². The Morgan fingerprint density at radius 1 is 0.968 bits per heavy atom. The van der Waals surface area contributed by atoms with Gasteiger partial charge in [-0.1, -0.05) is 24.3 Å². The highest BCUT2D eigenvalue weighted by Crippen LogP contribution is 2.42. The largest absolute Gasteiger partial charge is 0.465 e. The van der Waals surface area contributed by atoms with Crippen LogP contribution in [0.25, 0.3) is 16.9 Å². The molecule has 0 radical (unpaired) electrons. The van der Waals surface area contributed by atoms with Gasteiger partial charge in [0, 0.05) is 0 Å². The molecule has 3 rings (SSSR count). The first-order valence-electron chi connectivity index (χ1n) is 8.83. The molecule has 162 valence electrons. The summed E-state index contributed by atoms with van der Waals surface area (Å²) in [5.74, 6) is -3.51. The third-order valence-electron chi connectivity index (χ3n) is 4.54. The molecule has 10 heteroatoms. The third kappa shape index (κ3) is 3.88. The van der Waals surface area contributed by atoms with E-state index in [0.29, 0.717) is 0 Å². The topological polar surface area (TPSA) is 70.4 Å². The monoisotopic (exact) mass is 436 g/mol. The molecule has 0 saturated carbocycles. The van der Waals surface area contributed by atoms with Crippen LogP contribution in [0.2, 0.25) is 0 Å². The van der Waals surface area contributed by atoms with E-state index in [1.165, 1.54) is 12.1 Å². The smallest absolute Gasteiger partial charge is 0.417 e. The Labute approximate surface area is 174 Å². The number of nitrogens with zero attached hydrogens (tertiary/aromatic N) is 2. The van der Waals surface area contributed by atoms with Crippen LogP contribution < -0.4 is 0 Å². The highest BCUT2D eigenvalue weighted by atomic mass is 19.4. The molecule has 0 unspecified atom stereocenters. The second kappa shape index (κ2) is 8.21. The summed E-state index contributed by atoms with van der Waals surface area (Å²) in [6, 6.07) is 9.64. The fourth-order valence-electron chi connectivity index (χ4n) is 3.21. The first kappa shape index (κ1) is 22.0. The van der Waals surface area contributed by atoms with Crippen LogP contribution in [0.3, 0.4) is 0 Å². The van der Waals surface area contributed by atoms with Gasteiger partial charge in [0.25, 0.3) is 0 Å². The summed E-state index contributed by atoms with van der Waals surface area (Å²) in [4.78, 5) is 25.1. The van der Waals surface area contributed by atoms with Crippen molar-refractivity contribution in [2.45, 2.75) is 13.1 Å². The minimum Gasteiger partial charge on any atom is -0.465 e. The molecule has 1 heterocycles. The van der Waals surface area contributed by atoms with Gasteiger partial charge in [-0.15, -0.1) is 0 Å². The minimum atomic E-state index is -4.96. The van der Waals surface area contributed by atoms with Crippen molar-refractivity contribution in [3.8, 4) is 16.9 Å². The molecule has 0 aliphatic heterocycles. The average molecular weight is 436 g/mol. The van der Waals surface area contributed by atoms with Gasteiger partial charge >= 0.3 is 18.1 Å². The SMILES string of the molecule is COC(=O)c1c(-c2c(F)ccc(C)c2C(F)(F)F)nn(-c2ccccc2)c1C(=O)OC. The fourth-order valence-corrected chi connectivity index (χ4v) is 3.21. The molecule has 1 aromatic heterocycles. The molecule has 0 N–H and O–H groups in total. The first-order valence-corrected chi connectivity index (χ1v) is 8.83. The molecule has 31 heavy (non-hydrogen) atoms. The van der Waals surface area contributed by atoms with Gasteiger partial charge < -0.3 is 9.47 Å². The Balaban J connectivity index is 2.51. The van der Waals surface area contributed by atoms with Gasteiger partial charge in [0.1, 0.15) is 17.1 Å². The van der Waals surface area contributed by atoms with Crippen molar-refractivity contribution in [1.29, 1.82) is 0 Å². The molecule has 0 aliphatic rings. The van der Waals surface area contributed by atoms with Crippen molar-refractivity contribution in [1.82, 2.24) is 9.78 Å². The third-order valence-corrected chi connectivity index (χ3v) is 4.54. The Hall–Kier alpha value is -3.69. The van der Waals surface area contributed by atoms with Gasteiger partial charge in [-0.05, 0) is 30.7 Å². The van der Waals surface area contributed by atoms with Crippen LogP contribution in [0.5, 0.6) is 0 Å². The summed E-state index contributed by atoms with van der Waals surface area (Å²) in [6.45, 7) is 1.15. The summed E-state index contributed by atoms with van der Waals surface area (Å²) in [5, 5.41) is 4.04. The molecule has 0 amide bonds. The van der Waals surface area contributed by atoms with E-state index >= 15 is 0 Å². The Morgan fingerprint density at radius 3 is 2.13 bits per heavy atom. The molecule has 6 nitrogen and oxygen atoms in total. The summed E-state index contributed by atoms with van der Waals surface area (Å²) in [5.41, 5.74) is -4.16. The maximum absolute atomic E-state index is 14.8. The number of aromatic nitrogens is 2. The van der Waals surface area contributed by atoms with Crippen molar-refractivity contribution in [3.63, 3.8) is 0 Å². The first-order chi connectivity index (χ1) is 14.6. The molecular weight excluding hydrogens is 420 g/mol. The van der Waals surface area contributed by atoms with Crippen LogP contribution in [-0.4, -0.2) is 35.9 Å². The Morgan fingerprint density at radius 2 is 1.58 bits per heavy atom. The van der Waals surface area contributed by atoms with E-state index in [4.69, 9.17) is 4.74 Å². The Bertz CT molecular complexity index is 1150. The number of esters is 2. The van der Waals surface area contributed by atoms with E-state index in [2.05, 4.69) is 9.84 Å². The number of benzene rings is 2. The highest BCUT2D eigenvalue weighted by Gasteiger charge is 2.41. The predicted octanol–water partition coefficient (Wildman–Crippen LogP) is 4.58. The molecule has 0 aliphatic carbocycles. The van der Waals surface area contributed by atoms with Crippen molar-refractivity contribution in [2.75, 3.05) is 14.2 Å². The number of aryl methyl sites for hydroxylation is 1. The second-order valence-electron chi connectivity index (χ2n) is 6.41. The number of ether oxygens (including phenoxy) is 2. The summed E-state index contributed by atoms with van der Waals surface area (Å²) < 4.78 is 66.6. The maximum Gasteiger partial charge on any atom is 0.417 e. The number of para-hydroxylation sites is 1. The van der Waals surface area contributed by atoms with Gasteiger partial charge in [-0.25, -0.2) is 18.7 Å². The van der Waals surface area contributed by atoms with Crippen molar-refractivity contribution in [2.24, 2.45) is 0 Å². The quantitative estimate of drug-likeness (QED) is 0.442. The van der Waals surface area contributed by atoms with Crippen molar-refractivity contribution in [3.05, 3.63) is 70.7 Å². The van der Waals surface area contributed by atoms with Gasteiger partial charge in [-0.3, -0.25) is 0 Å². The number of hydrogen-bond donors (Lipinski definition) is 0. The van der Waals surface area contributed by atoms with Gasteiger partial charge in [0.05, 0.1) is 31.0 Å². The zero-order valence-electron chi connectivity index (χ0n) is 16.6. The molecule has 2 aromatic carbocycles. The Kier molecular flexibility index (Phi) is 5.83. The number of rotatable bonds is 4. The van der Waals surface area contributed by atoms with Crippen LogP contribution in [0.15, 0.2) is 42.5 Å². The number of hydrogen-bond acceptors (Lipinski definition) is 5. The molecule has 0 saturated heterocycles. The lowest BCUT2D eigenvalue weighted by molar-refractivity contribution is -0.137. The zero-order chi connectivity index (χ0) is 22.9. The van der Waals surface area contributed by atoms with Crippen molar-refractivity contribution >= 4 is 11.9 Å². The number of carbonyl (C=O) groups excluding carboxylic acids is 2. The lowest BCUT2D eigenvalue weighted by Crippen LogP contribution is -2.16. The maximum atomic E-state index is 14.8. The highest BCUT2D eigenvalue weighted by molar-refractivity contribution is 6.07. The standard InChI is InChI=1S/C21H16F4N2O4/c1-11-9-10-13(22)14(16(11)21(23,24)25)17-15(19(28)30-2)18(20(29)31-3)27(26-17)12-7-5-4-6-8-12/h4-10H,1-3H3. The van der Waals surface area contributed by atoms with E-state index in [9.17, 15) is 27.2 Å². The van der Waals surface area contributed by atoms with Crippen LogP contribution in [0.4, 0.5) is 17.6 Å². The van der Waals surface area contributed by atoms with E-state index in [1.54, 1.807) is 18.2 Å². The fraction of sp³-hybridized carbons (Fsp3) is 0.190. The number of alkyl halides is 3. The number of halogens is 4. The molecule has 0 atom stereocenters. The molecule has 0 fully saturated rings. The summed E-state index contributed by atoms with van der Waals surface area (Å²) in [6.07, 6.45) is -4.96. The van der Waals surface area contributed by atoms with E-state index in [0.717, 1.165) is 38.0 Å². The summed E-state index contributed by atoms with van der Waals surface area (Å²) in [7, 11) is 2.00. The number of methoxy groups -OCH3 is 2. The van der Waals surface area contributed by atoms with Crippen LogP contribution in [-0.2, 0) is 15.7 Å². The van der Waals surface area contributed by atoms with Gasteiger partial charge in [0.2, 0.25) is 0 Å².